The van der Waals surface area contributed by atoms with E-state index >= 15 is 0 Å². The number of esters is 1. The lowest BCUT2D eigenvalue weighted by Crippen LogP contribution is -2.40. The molecule has 1 fully saturated rings. The van der Waals surface area contributed by atoms with Gasteiger partial charge in [-0.2, -0.15) is 0 Å². The van der Waals surface area contributed by atoms with Crippen LogP contribution in [-0.2, 0) is 14.3 Å². The second kappa shape index (κ2) is 6.02. The Bertz CT molecular complexity index is 547. The second-order valence-electron chi connectivity index (χ2n) is 4.88. The van der Waals surface area contributed by atoms with E-state index in [1.165, 1.54) is 7.11 Å². The molecule has 6 heteroatoms. The first-order valence-electron chi connectivity index (χ1n) is 6.27. The molecule has 0 aliphatic heterocycles. The van der Waals surface area contributed by atoms with Gasteiger partial charge in [-0.1, -0.05) is 29.3 Å². The number of rotatable bonds is 4. The van der Waals surface area contributed by atoms with Crippen LogP contribution in [0, 0.1) is 5.92 Å². The van der Waals surface area contributed by atoms with Gasteiger partial charge in [0.05, 0.1) is 17.2 Å². The summed E-state index contributed by atoms with van der Waals surface area (Å²) >= 11 is 11.8. The minimum atomic E-state index is -0.637. The Morgan fingerprint density at radius 2 is 2.05 bits per heavy atom. The molecule has 0 heterocycles. The Kier molecular flexibility index (Phi) is 4.55. The van der Waals surface area contributed by atoms with E-state index in [1.54, 1.807) is 19.1 Å². The van der Waals surface area contributed by atoms with Gasteiger partial charge in [0.15, 0.2) is 0 Å². The zero-order chi connectivity index (χ0) is 14.9. The summed E-state index contributed by atoms with van der Waals surface area (Å²) in [5.74, 6) is -0.585. The van der Waals surface area contributed by atoms with Crippen LogP contribution < -0.4 is 5.32 Å². The first-order chi connectivity index (χ1) is 9.43. The summed E-state index contributed by atoms with van der Waals surface area (Å²) in [7, 11) is 1.29. The molecule has 20 heavy (non-hydrogen) atoms. The van der Waals surface area contributed by atoms with Gasteiger partial charge in [0.1, 0.15) is 6.04 Å². The van der Waals surface area contributed by atoms with Gasteiger partial charge in [0, 0.05) is 5.92 Å². The molecule has 1 aromatic rings. The number of nitrogens with one attached hydrogen (secondary N) is 1. The Morgan fingerprint density at radius 3 is 2.65 bits per heavy atom. The molecule has 1 N–H and O–H groups in total. The maximum Gasteiger partial charge on any atom is 0.328 e. The van der Waals surface area contributed by atoms with Crippen molar-refractivity contribution in [1.82, 2.24) is 5.32 Å². The lowest BCUT2D eigenvalue weighted by atomic mass is 10.1. The highest BCUT2D eigenvalue weighted by atomic mass is 35.5. The van der Waals surface area contributed by atoms with E-state index in [4.69, 9.17) is 23.2 Å². The molecule has 4 nitrogen and oxygen atoms in total. The van der Waals surface area contributed by atoms with Crippen molar-refractivity contribution >= 4 is 35.1 Å². The van der Waals surface area contributed by atoms with E-state index < -0.39 is 12.0 Å². The Balaban J connectivity index is 1.95. The average Bonchev–Trinajstić information content (AvgIpc) is 3.21. The van der Waals surface area contributed by atoms with Gasteiger partial charge in [-0.25, -0.2) is 4.79 Å². The molecule has 0 spiro atoms. The molecule has 1 aliphatic carbocycles. The number of carbonyl (C=O) groups is 2. The van der Waals surface area contributed by atoms with Crippen LogP contribution in [0.5, 0.6) is 0 Å². The third kappa shape index (κ3) is 3.25. The number of ether oxygens (including phenoxy) is 1. The summed E-state index contributed by atoms with van der Waals surface area (Å²) in [6, 6.07) is 4.74. The van der Waals surface area contributed by atoms with Crippen molar-refractivity contribution in [3.05, 3.63) is 33.8 Å². The van der Waals surface area contributed by atoms with Gasteiger partial charge in [-0.3, -0.25) is 4.79 Å². The Labute approximate surface area is 127 Å². The molecular formula is C14H15Cl2NO3. The molecular weight excluding hydrogens is 301 g/mol. The predicted molar refractivity (Wildman–Crippen MR) is 76.9 cm³/mol. The first-order valence-corrected chi connectivity index (χ1v) is 7.02. The summed E-state index contributed by atoms with van der Waals surface area (Å²) < 4.78 is 4.57. The summed E-state index contributed by atoms with van der Waals surface area (Å²) in [5, 5.41) is 3.63. The van der Waals surface area contributed by atoms with E-state index in [1.807, 2.05) is 6.07 Å². The van der Waals surface area contributed by atoms with Crippen LogP contribution in [0.15, 0.2) is 18.2 Å². The summed E-state index contributed by atoms with van der Waals surface area (Å²) in [5.41, 5.74) is 0.991. The number of carbonyl (C=O) groups excluding carboxylic acids is 2. The van der Waals surface area contributed by atoms with E-state index in [9.17, 15) is 9.59 Å². The third-order valence-corrected chi connectivity index (χ3v) is 4.15. The van der Waals surface area contributed by atoms with Gasteiger partial charge in [0.2, 0.25) is 5.91 Å². The molecule has 0 saturated heterocycles. The van der Waals surface area contributed by atoms with Crippen molar-refractivity contribution in [2.24, 2.45) is 5.92 Å². The molecule has 0 radical (unpaired) electrons. The fourth-order valence-corrected chi connectivity index (χ4v) is 2.46. The highest BCUT2D eigenvalue weighted by molar-refractivity contribution is 6.42. The van der Waals surface area contributed by atoms with E-state index in [0.717, 1.165) is 12.0 Å². The predicted octanol–water partition coefficient (Wildman–Crippen LogP) is 2.77. The summed E-state index contributed by atoms with van der Waals surface area (Å²) in [6.45, 7) is 1.60. The van der Waals surface area contributed by atoms with Crippen LogP contribution in [0.4, 0.5) is 0 Å². The number of methoxy groups -OCH3 is 1. The summed E-state index contributed by atoms with van der Waals surface area (Å²) in [6.07, 6.45) is 0.748. The van der Waals surface area contributed by atoms with Gasteiger partial charge < -0.3 is 10.1 Å². The number of hydrogen-bond donors (Lipinski definition) is 1. The smallest absolute Gasteiger partial charge is 0.328 e. The van der Waals surface area contributed by atoms with Crippen molar-refractivity contribution in [3.63, 3.8) is 0 Å². The fraction of sp³-hybridized carbons (Fsp3) is 0.429. The van der Waals surface area contributed by atoms with E-state index in [0.29, 0.717) is 10.0 Å². The number of benzene rings is 1. The third-order valence-electron chi connectivity index (χ3n) is 3.41. The lowest BCUT2D eigenvalue weighted by molar-refractivity contribution is -0.144. The Hall–Kier alpha value is -1.26. The maximum absolute atomic E-state index is 12.0. The van der Waals surface area contributed by atoms with Crippen LogP contribution >= 0.6 is 23.2 Å². The van der Waals surface area contributed by atoms with Crippen molar-refractivity contribution in [2.75, 3.05) is 7.11 Å². The van der Waals surface area contributed by atoms with Gasteiger partial charge in [-0.15, -0.1) is 0 Å². The van der Waals surface area contributed by atoms with E-state index in [-0.39, 0.29) is 17.7 Å². The number of amides is 1. The SMILES string of the molecule is COC(=O)[C@H](C)NC(=O)[C@H]1C[C@@H]1c1ccc(Cl)c(Cl)c1. The zero-order valence-corrected chi connectivity index (χ0v) is 12.7. The highest BCUT2D eigenvalue weighted by Crippen LogP contribution is 2.48. The standard InChI is InChI=1S/C14H15Cl2NO3/c1-7(14(19)20-2)17-13(18)10-6-9(10)8-3-4-11(15)12(16)5-8/h3-5,7,9-10H,6H2,1-2H3,(H,17,18)/t7-,9+,10-/m0/s1. The van der Waals surface area contributed by atoms with Crippen LogP contribution in [-0.4, -0.2) is 25.0 Å². The molecule has 1 aromatic carbocycles. The first kappa shape index (κ1) is 15.1. The molecule has 2 rings (SSSR count). The van der Waals surface area contributed by atoms with Gasteiger partial charge in [-0.05, 0) is 37.0 Å². The maximum atomic E-state index is 12.0. The molecule has 3 atom stereocenters. The van der Waals surface area contributed by atoms with Crippen molar-refractivity contribution in [3.8, 4) is 0 Å². The quantitative estimate of drug-likeness (QED) is 0.869. The van der Waals surface area contributed by atoms with Gasteiger partial charge in [0.25, 0.3) is 0 Å². The minimum absolute atomic E-state index is 0.126. The van der Waals surface area contributed by atoms with Crippen LogP contribution in [0.1, 0.15) is 24.8 Å². The van der Waals surface area contributed by atoms with Crippen LogP contribution in [0.25, 0.3) is 0 Å². The van der Waals surface area contributed by atoms with Crippen LogP contribution in [0.2, 0.25) is 10.0 Å². The minimum Gasteiger partial charge on any atom is -0.467 e. The molecule has 0 aromatic heterocycles. The van der Waals surface area contributed by atoms with E-state index in [2.05, 4.69) is 10.1 Å². The van der Waals surface area contributed by atoms with Crippen LogP contribution in [0.3, 0.4) is 0 Å². The summed E-state index contributed by atoms with van der Waals surface area (Å²) in [4.78, 5) is 23.2. The largest absolute Gasteiger partial charge is 0.467 e. The molecule has 1 saturated carbocycles. The van der Waals surface area contributed by atoms with Crippen molar-refractivity contribution in [1.29, 1.82) is 0 Å². The average molecular weight is 316 g/mol. The topological polar surface area (TPSA) is 55.4 Å². The molecule has 1 aliphatic rings. The van der Waals surface area contributed by atoms with Gasteiger partial charge >= 0.3 is 5.97 Å². The Morgan fingerprint density at radius 1 is 1.35 bits per heavy atom. The normalized spacial score (nSPS) is 22.0. The molecule has 108 valence electrons. The molecule has 1 amide bonds. The zero-order valence-electron chi connectivity index (χ0n) is 11.2. The fourth-order valence-electron chi connectivity index (χ4n) is 2.15. The monoisotopic (exact) mass is 315 g/mol. The van der Waals surface area contributed by atoms with Crippen molar-refractivity contribution in [2.45, 2.75) is 25.3 Å². The molecule has 0 unspecified atom stereocenters. The second-order valence-corrected chi connectivity index (χ2v) is 5.69. The molecule has 0 bridgehead atoms. The number of halogens is 2. The number of hydrogen-bond acceptors (Lipinski definition) is 3. The highest BCUT2D eigenvalue weighted by Gasteiger charge is 2.44. The van der Waals surface area contributed by atoms with Crippen molar-refractivity contribution < 1.29 is 14.3 Å². The lowest BCUT2D eigenvalue weighted by Gasteiger charge is -2.11.